The largest absolute Gasteiger partial charge is 0.481 e. The number of hydrogen-bond donors (Lipinski definition) is 2. The average Bonchev–Trinajstić information content (AvgIpc) is 2.46. The first kappa shape index (κ1) is 14.7. The standard InChI is InChI=1S/C12H15N5O4/c1-21-11-6-8(13-7-14-11)15-9(18)2-4-17-5-3-10(19)16-12(17)20/h6-7H,2-5H2,1H3,(H,16,19,20)(H,13,14,15,18). The highest BCUT2D eigenvalue weighted by Gasteiger charge is 2.23. The molecule has 1 aromatic heterocycles. The molecule has 0 spiro atoms. The second kappa shape index (κ2) is 6.64. The molecule has 21 heavy (non-hydrogen) atoms. The Labute approximate surface area is 120 Å². The van der Waals surface area contributed by atoms with Gasteiger partial charge in [-0.1, -0.05) is 0 Å². The van der Waals surface area contributed by atoms with Crippen molar-refractivity contribution in [1.29, 1.82) is 0 Å². The summed E-state index contributed by atoms with van der Waals surface area (Å²) in [5, 5.41) is 4.78. The molecule has 0 bridgehead atoms. The number of nitrogens with zero attached hydrogens (tertiary/aromatic N) is 3. The van der Waals surface area contributed by atoms with Crippen LogP contribution in [0.2, 0.25) is 0 Å². The third-order valence-corrected chi connectivity index (χ3v) is 2.87. The van der Waals surface area contributed by atoms with Crippen molar-refractivity contribution in [3.63, 3.8) is 0 Å². The molecule has 2 N–H and O–H groups in total. The van der Waals surface area contributed by atoms with E-state index < -0.39 is 6.03 Å². The molecule has 1 saturated heterocycles. The zero-order valence-electron chi connectivity index (χ0n) is 11.5. The molecule has 2 rings (SSSR count). The Morgan fingerprint density at radius 3 is 3.00 bits per heavy atom. The molecule has 0 unspecified atom stereocenters. The number of rotatable bonds is 5. The summed E-state index contributed by atoms with van der Waals surface area (Å²) in [5.41, 5.74) is 0. The molecular weight excluding hydrogens is 278 g/mol. The van der Waals surface area contributed by atoms with Crippen molar-refractivity contribution in [3.8, 4) is 5.88 Å². The van der Waals surface area contributed by atoms with Crippen LogP contribution in [0.3, 0.4) is 0 Å². The predicted octanol–water partition coefficient (Wildman–Crippen LogP) is -0.244. The SMILES string of the molecule is COc1cc(NC(=O)CCN2CCC(=O)NC2=O)ncn1. The molecule has 9 heteroatoms. The summed E-state index contributed by atoms with van der Waals surface area (Å²) >= 11 is 0. The molecule has 0 atom stereocenters. The molecule has 2 heterocycles. The van der Waals surface area contributed by atoms with E-state index in [4.69, 9.17) is 4.74 Å². The summed E-state index contributed by atoms with van der Waals surface area (Å²) in [4.78, 5) is 43.4. The maximum atomic E-state index is 11.8. The minimum absolute atomic E-state index is 0.105. The summed E-state index contributed by atoms with van der Waals surface area (Å²) in [7, 11) is 1.46. The highest BCUT2D eigenvalue weighted by atomic mass is 16.5. The van der Waals surface area contributed by atoms with Gasteiger partial charge in [0.2, 0.25) is 17.7 Å². The molecule has 112 valence electrons. The van der Waals surface area contributed by atoms with E-state index >= 15 is 0 Å². The maximum absolute atomic E-state index is 11.8. The molecular formula is C12H15N5O4. The molecule has 1 aromatic rings. The first-order valence-electron chi connectivity index (χ1n) is 6.33. The fourth-order valence-electron chi connectivity index (χ4n) is 1.77. The van der Waals surface area contributed by atoms with Crippen LogP contribution in [0.25, 0.3) is 0 Å². The summed E-state index contributed by atoms with van der Waals surface area (Å²) in [6.45, 7) is 0.548. The van der Waals surface area contributed by atoms with Gasteiger partial charge in [-0.15, -0.1) is 0 Å². The fourth-order valence-corrected chi connectivity index (χ4v) is 1.77. The number of anilines is 1. The quantitative estimate of drug-likeness (QED) is 0.774. The third-order valence-electron chi connectivity index (χ3n) is 2.87. The number of methoxy groups -OCH3 is 1. The van der Waals surface area contributed by atoms with E-state index in [0.717, 1.165) is 0 Å². The van der Waals surface area contributed by atoms with Gasteiger partial charge < -0.3 is 15.0 Å². The number of imide groups is 1. The molecule has 1 aliphatic heterocycles. The maximum Gasteiger partial charge on any atom is 0.324 e. The Balaban J connectivity index is 1.82. The van der Waals surface area contributed by atoms with Crippen LogP contribution in [0, 0.1) is 0 Å². The van der Waals surface area contributed by atoms with Crippen molar-refractivity contribution in [2.45, 2.75) is 12.8 Å². The van der Waals surface area contributed by atoms with E-state index in [1.54, 1.807) is 0 Å². The van der Waals surface area contributed by atoms with Gasteiger partial charge in [0.15, 0.2) is 0 Å². The van der Waals surface area contributed by atoms with Crippen molar-refractivity contribution in [2.75, 3.05) is 25.5 Å². The second-order valence-electron chi connectivity index (χ2n) is 4.33. The number of nitrogens with one attached hydrogen (secondary N) is 2. The molecule has 1 aliphatic rings. The lowest BCUT2D eigenvalue weighted by Crippen LogP contribution is -2.50. The molecule has 4 amide bonds. The number of hydrogen-bond acceptors (Lipinski definition) is 6. The number of amides is 4. The lowest BCUT2D eigenvalue weighted by molar-refractivity contribution is -0.121. The van der Waals surface area contributed by atoms with Crippen LogP contribution in [0.1, 0.15) is 12.8 Å². The van der Waals surface area contributed by atoms with Crippen molar-refractivity contribution in [3.05, 3.63) is 12.4 Å². The third kappa shape index (κ3) is 4.13. The fraction of sp³-hybridized carbons (Fsp3) is 0.417. The molecule has 9 nitrogen and oxygen atoms in total. The minimum Gasteiger partial charge on any atom is -0.481 e. The highest BCUT2D eigenvalue weighted by Crippen LogP contribution is 2.10. The van der Waals surface area contributed by atoms with Gasteiger partial charge in [0.05, 0.1) is 7.11 Å². The Hall–Kier alpha value is -2.71. The van der Waals surface area contributed by atoms with E-state index in [1.807, 2.05) is 0 Å². The first-order chi connectivity index (χ1) is 10.1. The van der Waals surface area contributed by atoms with Gasteiger partial charge in [0.1, 0.15) is 12.1 Å². The number of aromatic nitrogens is 2. The van der Waals surface area contributed by atoms with Gasteiger partial charge >= 0.3 is 6.03 Å². The van der Waals surface area contributed by atoms with Crippen molar-refractivity contribution < 1.29 is 19.1 Å². The molecule has 1 fully saturated rings. The number of carbonyl (C=O) groups is 3. The molecule has 0 saturated carbocycles. The topological polar surface area (TPSA) is 114 Å². The van der Waals surface area contributed by atoms with E-state index in [0.29, 0.717) is 18.2 Å². The molecule has 0 aromatic carbocycles. The smallest absolute Gasteiger partial charge is 0.324 e. The lowest BCUT2D eigenvalue weighted by atomic mass is 10.3. The van der Waals surface area contributed by atoms with E-state index in [2.05, 4.69) is 20.6 Å². The van der Waals surface area contributed by atoms with Crippen LogP contribution in [0.4, 0.5) is 10.6 Å². The average molecular weight is 293 g/mol. The van der Waals surface area contributed by atoms with Gasteiger partial charge in [0, 0.05) is 32.0 Å². The minimum atomic E-state index is -0.470. The van der Waals surface area contributed by atoms with Crippen LogP contribution in [-0.4, -0.2) is 52.9 Å². The Morgan fingerprint density at radius 1 is 1.48 bits per heavy atom. The van der Waals surface area contributed by atoms with E-state index in [1.165, 1.54) is 24.4 Å². The summed E-state index contributed by atoms with van der Waals surface area (Å²) in [5.74, 6) is 0.0774. The van der Waals surface area contributed by atoms with Crippen LogP contribution in [0.15, 0.2) is 12.4 Å². The van der Waals surface area contributed by atoms with Gasteiger partial charge in [-0.25, -0.2) is 14.8 Å². The van der Waals surface area contributed by atoms with Crippen molar-refractivity contribution >= 4 is 23.7 Å². The first-order valence-corrected chi connectivity index (χ1v) is 6.33. The summed E-state index contributed by atoms with van der Waals surface area (Å²) in [6, 6.07) is 1.02. The van der Waals surface area contributed by atoms with E-state index in [9.17, 15) is 14.4 Å². The monoisotopic (exact) mass is 293 g/mol. The van der Waals surface area contributed by atoms with E-state index in [-0.39, 0.29) is 31.2 Å². The zero-order valence-corrected chi connectivity index (χ0v) is 11.5. The number of urea groups is 1. The highest BCUT2D eigenvalue weighted by molar-refractivity contribution is 5.97. The van der Waals surface area contributed by atoms with Gasteiger partial charge in [-0.05, 0) is 0 Å². The van der Waals surface area contributed by atoms with Crippen molar-refractivity contribution in [1.82, 2.24) is 20.2 Å². The van der Waals surface area contributed by atoms with Gasteiger partial charge in [0.25, 0.3) is 0 Å². The molecule has 0 aliphatic carbocycles. The summed E-state index contributed by atoms with van der Waals surface area (Å²) in [6.07, 6.45) is 1.63. The van der Waals surface area contributed by atoms with Crippen LogP contribution < -0.4 is 15.4 Å². The predicted molar refractivity (Wildman–Crippen MR) is 71.6 cm³/mol. The van der Waals surface area contributed by atoms with Crippen LogP contribution in [-0.2, 0) is 9.59 Å². The normalized spacial score (nSPS) is 14.6. The second-order valence-corrected chi connectivity index (χ2v) is 4.33. The molecule has 0 radical (unpaired) electrons. The Bertz CT molecular complexity index is 562. The number of ether oxygens (including phenoxy) is 1. The van der Waals surface area contributed by atoms with Gasteiger partial charge in [-0.3, -0.25) is 14.9 Å². The Morgan fingerprint density at radius 2 is 2.29 bits per heavy atom. The Kier molecular flexibility index (Phi) is 4.64. The van der Waals surface area contributed by atoms with Crippen LogP contribution >= 0.6 is 0 Å². The van der Waals surface area contributed by atoms with Gasteiger partial charge in [-0.2, -0.15) is 0 Å². The zero-order chi connectivity index (χ0) is 15.2. The number of carbonyl (C=O) groups excluding carboxylic acids is 3. The summed E-state index contributed by atoms with van der Waals surface area (Å²) < 4.78 is 4.92. The van der Waals surface area contributed by atoms with Crippen LogP contribution in [0.5, 0.6) is 5.88 Å². The van der Waals surface area contributed by atoms with Crippen molar-refractivity contribution in [2.24, 2.45) is 0 Å². The lowest BCUT2D eigenvalue weighted by Gasteiger charge is -2.26.